The monoisotopic (exact) mass is 417 g/mol. The predicted molar refractivity (Wildman–Crippen MR) is 103 cm³/mol. The number of carbonyl (C=O) groups excluding carboxylic acids is 2. The van der Waals surface area contributed by atoms with Gasteiger partial charge in [-0.25, -0.2) is 4.79 Å². The van der Waals surface area contributed by atoms with Crippen molar-refractivity contribution in [2.45, 2.75) is 32.3 Å². The largest absolute Gasteiger partial charge is 0.497 e. The molecule has 136 valence electrons. The van der Waals surface area contributed by atoms with Crippen LogP contribution in [0.15, 0.2) is 40.9 Å². The lowest BCUT2D eigenvalue weighted by molar-refractivity contribution is -0.123. The Morgan fingerprint density at radius 1 is 1.12 bits per heavy atom. The van der Waals surface area contributed by atoms with Gasteiger partial charge in [-0.05, 0) is 83.6 Å². The Hall–Kier alpha value is -2.34. The summed E-state index contributed by atoms with van der Waals surface area (Å²) in [6, 6.07) is 10.9. The van der Waals surface area contributed by atoms with Gasteiger partial charge in [-0.15, -0.1) is 0 Å². The minimum absolute atomic E-state index is 0.307. The van der Waals surface area contributed by atoms with Crippen molar-refractivity contribution in [1.82, 2.24) is 0 Å². The van der Waals surface area contributed by atoms with E-state index in [0.29, 0.717) is 15.8 Å². The fraction of sp³-hybridized carbons (Fsp3) is 0.300. The van der Waals surface area contributed by atoms with Gasteiger partial charge in [0.05, 0.1) is 12.7 Å². The van der Waals surface area contributed by atoms with E-state index in [2.05, 4.69) is 21.2 Å². The van der Waals surface area contributed by atoms with Gasteiger partial charge in [0.1, 0.15) is 5.75 Å². The molecule has 0 aromatic heterocycles. The SMILES string of the molecule is COc1ccc(Br)c(C(=O)O[C@@H](C)C(=O)Nc2ccc3c(c2)CCC3)c1. The van der Waals surface area contributed by atoms with Crippen LogP contribution < -0.4 is 10.1 Å². The Balaban J connectivity index is 1.64. The predicted octanol–water partition coefficient (Wildman–Crippen LogP) is 4.13. The number of anilines is 1. The standard InChI is InChI=1S/C20H20BrNO4/c1-12(26-20(24)17-11-16(25-2)8-9-18(17)21)19(23)22-15-7-6-13-4-3-5-14(13)10-15/h6-12H,3-5H2,1-2H3,(H,22,23)/t12-/m0/s1. The van der Waals surface area contributed by atoms with Crippen LogP contribution in [0.2, 0.25) is 0 Å². The quantitative estimate of drug-likeness (QED) is 0.742. The first-order chi connectivity index (χ1) is 12.5. The van der Waals surface area contributed by atoms with Crippen LogP contribution in [-0.2, 0) is 22.4 Å². The number of nitrogens with one attached hydrogen (secondary N) is 1. The van der Waals surface area contributed by atoms with E-state index in [1.165, 1.54) is 18.2 Å². The van der Waals surface area contributed by atoms with E-state index >= 15 is 0 Å². The fourth-order valence-electron chi connectivity index (χ4n) is 2.96. The summed E-state index contributed by atoms with van der Waals surface area (Å²) < 4.78 is 11.0. The van der Waals surface area contributed by atoms with E-state index in [9.17, 15) is 9.59 Å². The van der Waals surface area contributed by atoms with Crippen LogP contribution in [0.5, 0.6) is 5.75 Å². The Kier molecular flexibility index (Phi) is 5.61. The van der Waals surface area contributed by atoms with Crippen LogP contribution in [0.3, 0.4) is 0 Å². The molecule has 3 rings (SSSR count). The third kappa shape index (κ3) is 4.07. The molecule has 0 saturated heterocycles. The zero-order chi connectivity index (χ0) is 18.7. The number of aryl methyl sites for hydroxylation is 2. The van der Waals surface area contributed by atoms with E-state index in [-0.39, 0.29) is 5.91 Å². The highest BCUT2D eigenvalue weighted by molar-refractivity contribution is 9.10. The van der Waals surface area contributed by atoms with E-state index in [4.69, 9.17) is 9.47 Å². The number of fused-ring (bicyclic) bond motifs is 1. The summed E-state index contributed by atoms with van der Waals surface area (Å²) in [6.07, 6.45) is 2.35. The minimum atomic E-state index is -0.922. The van der Waals surface area contributed by atoms with Crippen LogP contribution in [0, 0.1) is 0 Å². The lowest BCUT2D eigenvalue weighted by Gasteiger charge is -2.15. The highest BCUT2D eigenvalue weighted by Crippen LogP contribution is 2.26. The number of methoxy groups -OCH3 is 1. The number of esters is 1. The van der Waals surface area contributed by atoms with Crippen molar-refractivity contribution in [1.29, 1.82) is 0 Å². The molecule has 1 amide bonds. The zero-order valence-electron chi connectivity index (χ0n) is 14.7. The maximum atomic E-state index is 12.4. The molecule has 26 heavy (non-hydrogen) atoms. The average molecular weight is 418 g/mol. The van der Waals surface area contributed by atoms with Crippen molar-refractivity contribution in [3.05, 3.63) is 57.6 Å². The van der Waals surface area contributed by atoms with Crippen molar-refractivity contribution in [3.8, 4) is 5.75 Å². The van der Waals surface area contributed by atoms with Crippen LogP contribution in [-0.4, -0.2) is 25.1 Å². The number of rotatable bonds is 5. The number of hydrogen-bond acceptors (Lipinski definition) is 4. The molecule has 0 aliphatic heterocycles. The molecule has 2 aromatic carbocycles. The molecule has 0 spiro atoms. The highest BCUT2D eigenvalue weighted by Gasteiger charge is 2.21. The zero-order valence-corrected chi connectivity index (χ0v) is 16.3. The Bertz CT molecular complexity index is 850. The van der Waals surface area contributed by atoms with Crippen LogP contribution in [0.25, 0.3) is 0 Å². The van der Waals surface area contributed by atoms with Crippen molar-refractivity contribution in [2.24, 2.45) is 0 Å². The molecule has 0 unspecified atom stereocenters. The summed E-state index contributed by atoms with van der Waals surface area (Å²) in [4.78, 5) is 24.7. The van der Waals surface area contributed by atoms with Gasteiger partial charge in [0.25, 0.3) is 5.91 Å². The number of halogens is 1. The van der Waals surface area contributed by atoms with Gasteiger partial charge in [-0.1, -0.05) is 6.07 Å². The van der Waals surface area contributed by atoms with Gasteiger partial charge in [0.2, 0.25) is 0 Å². The van der Waals surface area contributed by atoms with Gasteiger partial charge < -0.3 is 14.8 Å². The number of amides is 1. The Labute approximate surface area is 160 Å². The molecule has 1 atom stereocenters. The van der Waals surface area contributed by atoms with E-state index in [0.717, 1.165) is 24.9 Å². The fourth-order valence-corrected chi connectivity index (χ4v) is 3.37. The molecular formula is C20H20BrNO4. The molecule has 0 saturated carbocycles. The van der Waals surface area contributed by atoms with Gasteiger partial charge >= 0.3 is 5.97 Å². The van der Waals surface area contributed by atoms with Crippen molar-refractivity contribution < 1.29 is 19.1 Å². The minimum Gasteiger partial charge on any atom is -0.497 e. The van der Waals surface area contributed by atoms with Crippen molar-refractivity contribution in [3.63, 3.8) is 0 Å². The summed E-state index contributed by atoms with van der Waals surface area (Å²) in [7, 11) is 1.52. The van der Waals surface area contributed by atoms with Crippen LogP contribution >= 0.6 is 15.9 Å². The third-order valence-electron chi connectivity index (χ3n) is 4.41. The summed E-state index contributed by atoms with van der Waals surface area (Å²) in [6.45, 7) is 1.55. The normalized spacial score (nSPS) is 13.7. The highest BCUT2D eigenvalue weighted by atomic mass is 79.9. The molecule has 1 aliphatic carbocycles. The number of benzene rings is 2. The van der Waals surface area contributed by atoms with E-state index < -0.39 is 12.1 Å². The van der Waals surface area contributed by atoms with Crippen LogP contribution in [0.1, 0.15) is 34.8 Å². The lowest BCUT2D eigenvalue weighted by atomic mass is 10.1. The molecule has 0 heterocycles. The molecule has 1 aliphatic rings. The maximum Gasteiger partial charge on any atom is 0.340 e. The van der Waals surface area contributed by atoms with Crippen molar-refractivity contribution >= 4 is 33.5 Å². The first-order valence-corrected chi connectivity index (χ1v) is 9.24. The second-order valence-electron chi connectivity index (χ2n) is 6.22. The molecule has 6 heteroatoms. The number of ether oxygens (including phenoxy) is 2. The van der Waals surface area contributed by atoms with E-state index in [1.54, 1.807) is 25.1 Å². The second kappa shape index (κ2) is 7.91. The first kappa shape index (κ1) is 18.5. The third-order valence-corrected chi connectivity index (χ3v) is 5.10. The van der Waals surface area contributed by atoms with E-state index in [1.807, 2.05) is 18.2 Å². The summed E-state index contributed by atoms with van der Waals surface area (Å²) in [5.74, 6) is -0.418. The summed E-state index contributed by atoms with van der Waals surface area (Å²) in [5.41, 5.74) is 3.64. The summed E-state index contributed by atoms with van der Waals surface area (Å²) >= 11 is 3.31. The Morgan fingerprint density at radius 2 is 1.88 bits per heavy atom. The molecular weight excluding hydrogens is 398 g/mol. The first-order valence-electron chi connectivity index (χ1n) is 8.45. The number of hydrogen-bond donors (Lipinski definition) is 1. The van der Waals surface area contributed by atoms with Gasteiger partial charge in [0, 0.05) is 10.2 Å². The molecule has 2 aromatic rings. The Morgan fingerprint density at radius 3 is 2.65 bits per heavy atom. The summed E-state index contributed by atoms with van der Waals surface area (Å²) in [5, 5.41) is 2.81. The van der Waals surface area contributed by atoms with Crippen LogP contribution in [0.4, 0.5) is 5.69 Å². The van der Waals surface area contributed by atoms with Gasteiger partial charge in [-0.3, -0.25) is 4.79 Å². The molecule has 1 N–H and O–H groups in total. The maximum absolute atomic E-state index is 12.4. The number of carbonyl (C=O) groups is 2. The smallest absolute Gasteiger partial charge is 0.340 e. The molecule has 0 fully saturated rings. The average Bonchev–Trinajstić information content (AvgIpc) is 3.09. The van der Waals surface area contributed by atoms with Crippen molar-refractivity contribution in [2.75, 3.05) is 12.4 Å². The molecule has 5 nitrogen and oxygen atoms in total. The molecule has 0 bridgehead atoms. The molecule has 0 radical (unpaired) electrons. The lowest BCUT2D eigenvalue weighted by Crippen LogP contribution is -2.30. The second-order valence-corrected chi connectivity index (χ2v) is 7.07. The van der Waals surface area contributed by atoms with Gasteiger partial charge in [-0.2, -0.15) is 0 Å². The van der Waals surface area contributed by atoms with Gasteiger partial charge in [0.15, 0.2) is 6.10 Å². The topological polar surface area (TPSA) is 64.6 Å².